The maximum atomic E-state index is 5.94. The van der Waals surface area contributed by atoms with Gasteiger partial charge in [0.25, 0.3) is 0 Å². The fourth-order valence-electron chi connectivity index (χ4n) is 2.02. The Morgan fingerprint density at radius 1 is 1.05 bits per heavy atom. The number of nitrogens with two attached hydrogens (primary N) is 1. The molecule has 120 valence electrons. The Balaban J connectivity index is 0.00000361. The van der Waals surface area contributed by atoms with Gasteiger partial charge in [0.15, 0.2) is 5.96 Å². The molecule has 0 radical (unpaired) electrons. The average Bonchev–Trinajstić information content (AvgIpc) is 2.46. The van der Waals surface area contributed by atoms with Gasteiger partial charge >= 0.3 is 0 Å². The van der Waals surface area contributed by atoms with E-state index in [2.05, 4.69) is 16.8 Å². The number of rotatable bonds is 9. The van der Waals surface area contributed by atoms with E-state index in [9.17, 15) is 0 Å². The smallest absolute Gasteiger partial charge is 0.191 e. The van der Waals surface area contributed by atoms with Crippen molar-refractivity contribution in [2.24, 2.45) is 10.7 Å². The summed E-state index contributed by atoms with van der Waals surface area (Å²) in [4.78, 5) is 6.51. The van der Waals surface area contributed by atoms with Crippen LogP contribution in [0.1, 0.15) is 39.0 Å². The maximum Gasteiger partial charge on any atom is 0.191 e. The van der Waals surface area contributed by atoms with Crippen molar-refractivity contribution in [2.45, 2.75) is 39.0 Å². The van der Waals surface area contributed by atoms with Crippen LogP contribution in [-0.4, -0.2) is 56.9 Å². The molecule has 0 spiro atoms. The first-order chi connectivity index (χ1) is 9.34. The van der Waals surface area contributed by atoms with E-state index in [1.165, 1.54) is 25.7 Å². The highest BCUT2D eigenvalue weighted by Gasteiger charge is 2.11. The highest BCUT2D eigenvalue weighted by atomic mass is 127. The first-order valence-corrected chi connectivity index (χ1v) is 7.55. The van der Waals surface area contributed by atoms with E-state index in [-0.39, 0.29) is 24.0 Å². The van der Waals surface area contributed by atoms with Gasteiger partial charge in [-0.1, -0.05) is 13.3 Å². The van der Waals surface area contributed by atoms with Crippen LogP contribution in [0, 0.1) is 0 Å². The molecule has 2 N–H and O–H groups in total. The molecule has 20 heavy (non-hydrogen) atoms. The van der Waals surface area contributed by atoms with Gasteiger partial charge in [0.1, 0.15) is 0 Å². The largest absolute Gasteiger partial charge is 0.379 e. The zero-order valence-electron chi connectivity index (χ0n) is 12.7. The van der Waals surface area contributed by atoms with Gasteiger partial charge in [-0.15, -0.1) is 24.0 Å². The van der Waals surface area contributed by atoms with Crippen molar-refractivity contribution in [3.05, 3.63) is 0 Å². The van der Waals surface area contributed by atoms with Gasteiger partial charge in [-0.25, -0.2) is 0 Å². The molecule has 0 saturated carbocycles. The summed E-state index contributed by atoms with van der Waals surface area (Å²) in [6.07, 6.45) is 6.05. The molecule has 5 nitrogen and oxygen atoms in total. The second-order valence-electron chi connectivity index (χ2n) is 4.87. The van der Waals surface area contributed by atoms with Gasteiger partial charge < -0.3 is 20.1 Å². The molecule has 0 aromatic rings. The highest BCUT2D eigenvalue weighted by Crippen LogP contribution is 2.07. The van der Waals surface area contributed by atoms with Crippen LogP contribution in [-0.2, 0) is 9.47 Å². The van der Waals surface area contributed by atoms with Crippen molar-refractivity contribution >= 4 is 29.9 Å². The number of hydrogen-bond acceptors (Lipinski definition) is 3. The van der Waals surface area contributed by atoms with Crippen LogP contribution in [0.25, 0.3) is 0 Å². The lowest BCUT2D eigenvalue weighted by molar-refractivity contribution is 0.0497. The first-order valence-electron chi connectivity index (χ1n) is 7.55. The Hall–Kier alpha value is -0.0800. The summed E-state index contributed by atoms with van der Waals surface area (Å²) in [6.45, 7) is 7.64. The van der Waals surface area contributed by atoms with E-state index in [1.807, 2.05) is 0 Å². The van der Waals surface area contributed by atoms with Crippen molar-refractivity contribution in [1.82, 2.24) is 4.90 Å². The first kappa shape index (κ1) is 19.9. The zero-order valence-corrected chi connectivity index (χ0v) is 15.0. The molecule has 1 aliphatic heterocycles. The Morgan fingerprint density at radius 3 is 2.35 bits per heavy atom. The minimum absolute atomic E-state index is 0. The lowest BCUT2D eigenvalue weighted by Gasteiger charge is -2.27. The number of nitrogens with zero attached hydrogens (tertiary/aromatic N) is 2. The Labute approximate surface area is 140 Å². The van der Waals surface area contributed by atoms with Crippen molar-refractivity contribution in [3.63, 3.8) is 0 Å². The highest BCUT2D eigenvalue weighted by molar-refractivity contribution is 14.0. The molecular weight excluding hydrogens is 369 g/mol. The molecule has 6 heteroatoms. The zero-order chi connectivity index (χ0) is 13.8. The maximum absolute atomic E-state index is 5.94. The number of aliphatic imine (C=N–C) groups is 1. The fourth-order valence-corrected chi connectivity index (χ4v) is 2.02. The Kier molecular flexibility index (Phi) is 13.8. The normalized spacial score (nSPS) is 16.1. The number of halogens is 1. The van der Waals surface area contributed by atoms with E-state index in [4.69, 9.17) is 15.2 Å². The van der Waals surface area contributed by atoms with Crippen LogP contribution in [0.2, 0.25) is 0 Å². The lowest BCUT2D eigenvalue weighted by atomic mass is 10.1. The molecule has 0 amide bonds. The second-order valence-corrected chi connectivity index (χ2v) is 4.87. The SMILES string of the molecule is CCCCOCCOCCN=C(N)N1CCCCC1.I. The van der Waals surface area contributed by atoms with E-state index in [0.29, 0.717) is 32.3 Å². The summed E-state index contributed by atoms with van der Waals surface area (Å²) in [6, 6.07) is 0. The van der Waals surface area contributed by atoms with Crippen LogP contribution in [0.4, 0.5) is 0 Å². The molecule has 0 bridgehead atoms. The summed E-state index contributed by atoms with van der Waals surface area (Å²) in [5.41, 5.74) is 5.94. The average molecular weight is 399 g/mol. The number of ether oxygens (including phenoxy) is 2. The quantitative estimate of drug-likeness (QED) is 0.280. The van der Waals surface area contributed by atoms with Crippen molar-refractivity contribution in [1.29, 1.82) is 0 Å². The minimum atomic E-state index is 0. The fraction of sp³-hybridized carbons (Fsp3) is 0.929. The molecule has 0 unspecified atom stereocenters. The number of unbranched alkanes of at least 4 members (excludes halogenated alkanes) is 1. The lowest BCUT2D eigenvalue weighted by Crippen LogP contribution is -2.41. The number of likely N-dealkylation sites (tertiary alicyclic amines) is 1. The third-order valence-electron chi connectivity index (χ3n) is 3.20. The van der Waals surface area contributed by atoms with Gasteiger partial charge in [-0.3, -0.25) is 4.99 Å². The van der Waals surface area contributed by atoms with Gasteiger partial charge in [-0.05, 0) is 25.7 Å². The third kappa shape index (κ3) is 9.77. The number of hydrogen-bond donors (Lipinski definition) is 1. The van der Waals surface area contributed by atoms with Crippen molar-refractivity contribution < 1.29 is 9.47 Å². The predicted molar refractivity (Wildman–Crippen MR) is 93.9 cm³/mol. The second kappa shape index (κ2) is 13.9. The third-order valence-corrected chi connectivity index (χ3v) is 3.20. The molecule has 0 atom stereocenters. The molecule has 1 fully saturated rings. The van der Waals surface area contributed by atoms with Crippen LogP contribution >= 0.6 is 24.0 Å². The minimum Gasteiger partial charge on any atom is -0.379 e. The number of guanidine groups is 1. The van der Waals surface area contributed by atoms with E-state index in [0.717, 1.165) is 26.1 Å². The van der Waals surface area contributed by atoms with E-state index < -0.39 is 0 Å². The van der Waals surface area contributed by atoms with Gasteiger partial charge in [0, 0.05) is 19.7 Å². The standard InChI is InChI=1S/C14H29N3O2.HI/c1-2-3-10-18-12-13-19-11-7-16-14(15)17-8-5-4-6-9-17;/h2-13H2,1H3,(H2,15,16);1H. The van der Waals surface area contributed by atoms with Crippen LogP contribution in [0.5, 0.6) is 0 Å². The van der Waals surface area contributed by atoms with Crippen LogP contribution in [0.3, 0.4) is 0 Å². The molecule has 0 aromatic heterocycles. The summed E-state index contributed by atoms with van der Waals surface area (Å²) in [5.74, 6) is 0.669. The molecule has 1 aliphatic rings. The molecule has 1 rings (SSSR count). The van der Waals surface area contributed by atoms with Crippen LogP contribution < -0.4 is 5.73 Å². The van der Waals surface area contributed by atoms with Crippen molar-refractivity contribution in [3.8, 4) is 0 Å². The Morgan fingerprint density at radius 2 is 1.70 bits per heavy atom. The van der Waals surface area contributed by atoms with E-state index >= 15 is 0 Å². The van der Waals surface area contributed by atoms with Crippen molar-refractivity contribution in [2.75, 3.05) is 46.1 Å². The molecule has 0 aliphatic carbocycles. The van der Waals surface area contributed by atoms with Gasteiger partial charge in [0.05, 0.1) is 26.4 Å². The van der Waals surface area contributed by atoms with E-state index in [1.54, 1.807) is 0 Å². The molecule has 1 saturated heterocycles. The number of piperidine rings is 1. The molecule has 1 heterocycles. The van der Waals surface area contributed by atoms with Gasteiger partial charge in [-0.2, -0.15) is 0 Å². The summed E-state index contributed by atoms with van der Waals surface area (Å²) < 4.78 is 10.8. The topological polar surface area (TPSA) is 60.1 Å². The van der Waals surface area contributed by atoms with Crippen LogP contribution in [0.15, 0.2) is 4.99 Å². The monoisotopic (exact) mass is 399 g/mol. The molecule has 0 aromatic carbocycles. The predicted octanol–water partition coefficient (Wildman–Crippen LogP) is 2.24. The Bertz CT molecular complexity index is 247. The molecular formula is C14H30IN3O2. The van der Waals surface area contributed by atoms with Gasteiger partial charge in [0.2, 0.25) is 0 Å². The summed E-state index contributed by atoms with van der Waals surface area (Å²) in [5, 5.41) is 0. The summed E-state index contributed by atoms with van der Waals surface area (Å²) >= 11 is 0. The summed E-state index contributed by atoms with van der Waals surface area (Å²) in [7, 11) is 0.